The highest BCUT2D eigenvalue weighted by atomic mass is 16.6. The van der Waals surface area contributed by atoms with Crippen LogP contribution in [-0.2, 0) is 9.47 Å². The summed E-state index contributed by atoms with van der Waals surface area (Å²) >= 11 is 0. The van der Waals surface area contributed by atoms with E-state index in [2.05, 4.69) is 0 Å². The van der Waals surface area contributed by atoms with Crippen molar-refractivity contribution in [2.45, 2.75) is 59.2 Å². The van der Waals surface area contributed by atoms with Crippen LogP contribution in [-0.4, -0.2) is 55.0 Å². The van der Waals surface area contributed by atoms with Crippen molar-refractivity contribution >= 4 is 12.1 Å². The van der Waals surface area contributed by atoms with E-state index in [1.807, 2.05) is 34.6 Å². The van der Waals surface area contributed by atoms with Gasteiger partial charge in [-0.05, 0) is 46.8 Å². The number of esters is 1. The first kappa shape index (κ1) is 21.9. The highest BCUT2D eigenvalue weighted by Gasteiger charge is 2.28. The molecule has 1 saturated heterocycles. The zero-order valence-corrected chi connectivity index (χ0v) is 17.4. The molecule has 156 valence electrons. The quantitative estimate of drug-likeness (QED) is 0.679. The van der Waals surface area contributed by atoms with Crippen LogP contribution in [0.2, 0.25) is 0 Å². The second kappa shape index (κ2) is 9.66. The Kier molecular flexibility index (Phi) is 7.54. The normalized spacial score (nSPS) is 15.1. The Hall–Kier alpha value is -2.44. The minimum atomic E-state index is -0.524. The number of carbonyl (C=O) groups is 2. The monoisotopic (exact) mass is 393 g/mol. The minimum Gasteiger partial charge on any atom is -0.494 e. The van der Waals surface area contributed by atoms with E-state index in [4.69, 9.17) is 18.9 Å². The van der Waals surface area contributed by atoms with Gasteiger partial charge < -0.3 is 23.8 Å². The van der Waals surface area contributed by atoms with Crippen LogP contribution in [0, 0.1) is 0 Å². The van der Waals surface area contributed by atoms with Crippen molar-refractivity contribution in [2.24, 2.45) is 0 Å². The molecule has 0 N–H and O–H groups in total. The summed E-state index contributed by atoms with van der Waals surface area (Å²) in [4.78, 5) is 26.4. The minimum absolute atomic E-state index is 0.238. The predicted octanol–water partition coefficient (Wildman–Crippen LogP) is 4.04. The Morgan fingerprint density at radius 2 is 1.54 bits per heavy atom. The van der Waals surface area contributed by atoms with Crippen LogP contribution in [0.1, 0.15) is 57.8 Å². The Labute approximate surface area is 166 Å². The van der Waals surface area contributed by atoms with Gasteiger partial charge in [-0.15, -0.1) is 0 Å². The van der Waals surface area contributed by atoms with Crippen LogP contribution >= 0.6 is 0 Å². The number of likely N-dealkylation sites (tertiary alicyclic amines) is 1. The lowest BCUT2D eigenvalue weighted by Gasteiger charge is -2.33. The summed E-state index contributed by atoms with van der Waals surface area (Å²) in [5.41, 5.74) is -0.131. The molecule has 1 aromatic carbocycles. The van der Waals surface area contributed by atoms with Crippen molar-refractivity contribution in [2.75, 3.05) is 26.3 Å². The van der Waals surface area contributed by atoms with Gasteiger partial charge in [0.25, 0.3) is 0 Å². The standard InChI is InChI=1S/C21H31NO6/c1-6-25-17-12-15(13-18(14-17)26-7-2)19(23)27-16-8-10-22(11-9-16)20(24)28-21(3,4)5/h12-14,16H,6-11H2,1-5H3. The van der Waals surface area contributed by atoms with E-state index >= 15 is 0 Å². The summed E-state index contributed by atoms with van der Waals surface area (Å²) in [6, 6.07) is 5.07. The molecule has 1 heterocycles. The molecule has 0 unspecified atom stereocenters. The van der Waals surface area contributed by atoms with E-state index < -0.39 is 11.6 Å². The van der Waals surface area contributed by atoms with Crippen molar-refractivity contribution in [3.05, 3.63) is 23.8 Å². The third-order valence-corrected chi connectivity index (χ3v) is 4.11. The lowest BCUT2D eigenvalue weighted by molar-refractivity contribution is -0.00345. The van der Waals surface area contributed by atoms with Crippen molar-refractivity contribution in [3.63, 3.8) is 0 Å². The Morgan fingerprint density at radius 3 is 2.00 bits per heavy atom. The molecule has 0 aromatic heterocycles. The van der Waals surface area contributed by atoms with Gasteiger partial charge in [-0.1, -0.05) is 0 Å². The zero-order chi connectivity index (χ0) is 20.7. The van der Waals surface area contributed by atoms with E-state index in [0.29, 0.717) is 56.2 Å². The summed E-state index contributed by atoms with van der Waals surface area (Å²) in [6.45, 7) is 11.3. The molecule has 2 rings (SSSR count). The number of carbonyl (C=O) groups excluding carboxylic acids is 2. The van der Waals surface area contributed by atoms with E-state index in [9.17, 15) is 9.59 Å². The average molecular weight is 393 g/mol. The summed E-state index contributed by atoms with van der Waals surface area (Å²) in [7, 11) is 0. The molecular formula is C21H31NO6. The van der Waals surface area contributed by atoms with Gasteiger partial charge >= 0.3 is 12.1 Å². The summed E-state index contributed by atoms with van der Waals surface area (Å²) in [6.07, 6.45) is 0.587. The summed E-state index contributed by atoms with van der Waals surface area (Å²) in [5.74, 6) is 0.721. The van der Waals surface area contributed by atoms with Crippen LogP contribution in [0.3, 0.4) is 0 Å². The first-order valence-corrected chi connectivity index (χ1v) is 9.81. The Bertz CT molecular complexity index is 650. The molecule has 1 fully saturated rings. The fourth-order valence-electron chi connectivity index (χ4n) is 2.89. The molecular weight excluding hydrogens is 362 g/mol. The van der Waals surface area contributed by atoms with E-state index in [1.54, 1.807) is 23.1 Å². The lowest BCUT2D eigenvalue weighted by atomic mass is 10.1. The number of hydrogen-bond acceptors (Lipinski definition) is 6. The van der Waals surface area contributed by atoms with E-state index in [-0.39, 0.29) is 12.2 Å². The molecule has 0 aliphatic carbocycles. The van der Waals surface area contributed by atoms with Crippen molar-refractivity contribution in [1.29, 1.82) is 0 Å². The number of benzene rings is 1. The second-order valence-electron chi connectivity index (χ2n) is 7.63. The number of nitrogens with zero attached hydrogens (tertiary/aromatic N) is 1. The molecule has 7 heteroatoms. The highest BCUT2D eigenvalue weighted by Crippen LogP contribution is 2.25. The van der Waals surface area contributed by atoms with Gasteiger partial charge in [-0.3, -0.25) is 0 Å². The highest BCUT2D eigenvalue weighted by molar-refractivity contribution is 5.90. The maximum atomic E-state index is 12.6. The zero-order valence-electron chi connectivity index (χ0n) is 17.4. The van der Waals surface area contributed by atoms with Gasteiger partial charge in [0.05, 0.1) is 18.8 Å². The maximum absolute atomic E-state index is 12.6. The van der Waals surface area contributed by atoms with Crippen LogP contribution < -0.4 is 9.47 Å². The molecule has 7 nitrogen and oxygen atoms in total. The second-order valence-corrected chi connectivity index (χ2v) is 7.63. The molecule has 0 atom stereocenters. The van der Waals surface area contributed by atoms with Gasteiger partial charge in [0, 0.05) is 32.0 Å². The van der Waals surface area contributed by atoms with E-state index in [1.165, 1.54) is 0 Å². The van der Waals surface area contributed by atoms with Crippen molar-refractivity contribution < 1.29 is 28.5 Å². The Balaban J connectivity index is 1.94. The summed E-state index contributed by atoms with van der Waals surface area (Å²) in [5, 5.41) is 0. The van der Waals surface area contributed by atoms with Crippen molar-refractivity contribution in [1.82, 2.24) is 4.90 Å². The maximum Gasteiger partial charge on any atom is 0.410 e. The molecule has 28 heavy (non-hydrogen) atoms. The van der Waals surface area contributed by atoms with Crippen LogP contribution in [0.4, 0.5) is 4.79 Å². The van der Waals surface area contributed by atoms with Crippen molar-refractivity contribution in [3.8, 4) is 11.5 Å². The topological polar surface area (TPSA) is 74.3 Å². The van der Waals surface area contributed by atoms with Gasteiger partial charge in [0.2, 0.25) is 0 Å². The number of rotatable bonds is 6. The van der Waals surface area contributed by atoms with E-state index in [0.717, 1.165) is 0 Å². The molecule has 0 radical (unpaired) electrons. The first-order chi connectivity index (χ1) is 13.2. The first-order valence-electron chi connectivity index (χ1n) is 9.81. The number of amides is 1. The molecule has 1 amide bonds. The molecule has 1 aliphatic heterocycles. The molecule has 0 saturated carbocycles. The number of hydrogen-bond donors (Lipinski definition) is 0. The fraction of sp³-hybridized carbons (Fsp3) is 0.619. The molecule has 1 aliphatic rings. The van der Waals surface area contributed by atoms with Crippen LogP contribution in [0.25, 0.3) is 0 Å². The molecule has 0 spiro atoms. The fourth-order valence-corrected chi connectivity index (χ4v) is 2.89. The van der Waals surface area contributed by atoms with Gasteiger partial charge in [0.15, 0.2) is 0 Å². The number of piperidine rings is 1. The van der Waals surface area contributed by atoms with Gasteiger partial charge in [-0.25, -0.2) is 9.59 Å². The average Bonchev–Trinajstić information content (AvgIpc) is 2.61. The SMILES string of the molecule is CCOc1cc(OCC)cc(C(=O)OC2CCN(C(=O)OC(C)(C)C)CC2)c1. The van der Waals surface area contributed by atoms with Crippen LogP contribution in [0.5, 0.6) is 11.5 Å². The van der Waals surface area contributed by atoms with Gasteiger partial charge in [0.1, 0.15) is 23.2 Å². The summed E-state index contributed by atoms with van der Waals surface area (Å²) < 4.78 is 22.0. The smallest absolute Gasteiger partial charge is 0.410 e. The predicted molar refractivity (Wildman–Crippen MR) is 105 cm³/mol. The molecule has 0 bridgehead atoms. The largest absolute Gasteiger partial charge is 0.494 e. The third-order valence-electron chi connectivity index (χ3n) is 4.11. The van der Waals surface area contributed by atoms with Gasteiger partial charge in [-0.2, -0.15) is 0 Å². The van der Waals surface area contributed by atoms with Crippen LogP contribution in [0.15, 0.2) is 18.2 Å². The Morgan fingerprint density at radius 1 is 1.00 bits per heavy atom. The lowest BCUT2D eigenvalue weighted by Crippen LogP contribution is -2.43. The molecule has 1 aromatic rings. The number of ether oxygens (including phenoxy) is 4. The third kappa shape index (κ3) is 6.62.